The second-order valence-electron chi connectivity index (χ2n) is 11.7. The molecular formula is C29H40FN5O2. The Kier molecular flexibility index (Phi) is 7.63. The van der Waals surface area contributed by atoms with Gasteiger partial charge >= 0.3 is 0 Å². The molecule has 0 bridgehead atoms. The number of carbonyl (C=O) groups is 1. The number of nitrogens with one attached hydrogen (secondary N) is 1. The lowest BCUT2D eigenvalue weighted by Gasteiger charge is -2.43. The Hall–Kier alpha value is -2.39. The largest absolute Gasteiger partial charge is 0.379 e. The van der Waals surface area contributed by atoms with Crippen LogP contribution in [-0.4, -0.2) is 91.3 Å². The number of hydrogen-bond acceptors (Lipinski definition) is 6. The number of nitrogens with zero attached hydrogens (tertiary/aromatic N) is 4. The van der Waals surface area contributed by atoms with Crippen LogP contribution in [0.4, 0.5) is 10.1 Å². The van der Waals surface area contributed by atoms with Gasteiger partial charge in [0, 0.05) is 62.5 Å². The summed E-state index contributed by atoms with van der Waals surface area (Å²) in [6, 6.07) is 9.69. The summed E-state index contributed by atoms with van der Waals surface area (Å²) < 4.78 is 19.0. The standard InChI is InChI=1S/C29H40FN5O2/c1-20-15-34(25(14-31-20)16-33-9-10-37-18-21(33)2)17-27(36)35-19-29(3,4)28-26(35)12-23(13-32-28)11-22-5-7-24(30)8-6-22/h5-8,12-13,20-21,25,31H,9-11,14-19H2,1-4H3/t20-,21?,25-/m1/s1. The van der Waals surface area contributed by atoms with Crippen LogP contribution in [-0.2, 0) is 21.4 Å². The maximum absolute atomic E-state index is 13.8. The highest BCUT2D eigenvalue weighted by molar-refractivity contribution is 5.97. The van der Waals surface area contributed by atoms with Crippen LogP contribution in [0.5, 0.6) is 0 Å². The first-order valence-corrected chi connectivity index (χ1v) is 13.5. The first kappa shape index (κ1) is 26.2. The summed E-state index contributed by atoms with van der Waals surface area (Å²) in [5.74, 6) is -0.111. The third-order valence-electron chi connectivity index (χ3n) is 8.05. The molecule has 1 unspecified atom stereocenters. The van der Waals surface area contributed by atoms with E-state index in [1.54, 1.807) is 12.1 Å². The quantitative estimate of drug-likeness (QED) is 0.646. The molecule has 3 aliphatic rings. The molecule has 4 heterocycles. The molecule has 0 saturated carbocycles. The lowest BCUT2D eigenvalue weighted by atomic mass is 9.91. The summed E-state index contributed by atoms with van der Waals surface area (Å²) in [6.07, 6.45) is 2.55. The van der Waals surface area contributed by atoms with Crippen molar-refractivity contribution < 1.29 is 13.9 Å². The van der Waals surface area contributed by atoms with Gasteiger partial charge in [-0.2, -0.15) is 0 Å². The normalized spacial score (nSPS) is 26.3. The Bertz CT molecular complexity index is 1110. The molecule has 2 fully saturated rings. The molecular weight excluding hydrogens is 469 g/mol. The summed E-state index contributed by atoms with van der Waals surface area (Å²) in [4.78, 5) is 25.4. The first-order valence-electron chi connectivity index (χ1n) is 13.5. The highest BCUT2D eigenvalue weighted by Crippen LogP contribution is 2.39. The Morgan fingerprint density at radius 3 is 2.73 bits per heavy atom. The minimum atomic E-state index is -0.238. The molecule has 0 spiro atoms. The highest BCUT2D eigenvalue weighted by atomic mass is 19.1. The number of benzene rings is 1. The molecule has 0 radical (unpaired) electrons. The number of morpholine rings is 1. The lowest BCUT2D eigenvalue weighted by molar-refractivity contribution is -0.121. The van der Waals surface area contributed by atoms with Crippen LogP contribution in [0.3, 0.4) is 0 Å². The van der Waals surface area contributed by atoms with Gasteiger partial charge in [0.25, 0.3) is 0 Å². The fourth-order valence-corrected chi connectivity index (χ4v) is 5.90. The molecule has 1 amide bonds. The van der Waals surface area contributed by atoms with Crippen molar-refractivity contribution in [2.75, 3.05) is 57.4 Å². The van der Waals surface area contributed by atoms with Crippen molar-refractivity contribution in [1.82, 2.24) is 20.1 Å². The van der Waals surface area contributed by atoms with Crippen molar-refractivity contribution in [3.8, 4) is 0 Å². The van der Waals surface area contributed by atoms with Gasteiger partial charge in [-0.05, 0) is 49.6 Å². The molecule has 3 atom stereocenters. The van der Waals surface area contributed by atoms with Crippen molar-refractivity contribution >= 4 is 11.6 Å². The lowest BCUT2D eigenvalue weighted by Crippen LogP contribution is -2.62. The number of piperazine rings is 1. The Balaban J connectivity index is 1.33. The summed E-state index contributed by atoms with van der Waals surface area (Å²) in [5.41, 5.74) is 3.72. The number of rotatable bonds is 6. The van der Waals surface area contributed by atoms with E-state index in [1.165, 1.54) is 12.1 Å². The molecule has 5 rings (SSSR count). The fourth-order valence-electron chi connectivity index (χ4n) is 5.90. The predicted molar refractivity (Wildman–Crippen MR) is 144 cm³/mol. The number of fused-ring (bicyclic) bond motifs is 1. The van der Waals surface area contributed by atoms with Gasteiger partial charge in [0.2, 0.25) is 5.91 Å². The van der Waals surface area contributed by atoms with E-state index < -0.39 is 0 Å². The number of amides is 1. The number of ether oxygens (including phenoxy) is 1. The van der Waals surface area contributed by atoms with Gasteiger partial charge in [0.15, 0.2) is 0 Å². The van der Waals surface area contributed by atoms with Crippen molar-refractivity contribution in [2.45, 2.75) is 57.7 Å². The van der Waals surface area contributed by atoms with Crippen LogP contribution >= 0.6 is 0 Å². The summed E-state index contributed by atoms with van der Waals surface area (Å²) in [6.45, 7) is 14.9. The van der Waals surface area contributed by atoms with E-state index in [1.807, 2.05) is 11.1 Å². The number of carbonyl (C=O) groups excluding carboxylic acids is 1. The molecule has 1 aromatic heterocycles. The molecule has 7 nitrogen and oxygen atoms in total. The van der Waals surface area contributed by atoms with Crippen LogP contribution in [0.15, 0.2) is 36.5 Å². The smallest absolute Gasteiger partial charge is 0.241 e. The van der Waals surface area contributed by atoms with Gasteiger partial charge in [-0.25, -0.2) is 4.39 Å². The van der Waals surface area contributed by atoms with E-state index in [2.05, 4.69) is 48.9 Å². The Morgan fingerprint density at radius 1 is 1.19 bits per heavy atom. The molecule has 1 N–H and O–H groups in total. The fraction of sp³-hybridized carbons (Fsp3) is 0.586. The maximum atomic E-state index is 13.8. The summed E-state index contributed by atoms with van der Waals surface area (Å²) in [7, 11) is 0. The topological polar surface area (TPSA) is 60.9 Å². The average molecular weight is 510 g/mol. The maximum Gasteiger partial charge on any atom is 0.241 e. The summed E-state index contributed by atoms with van der Waals surface area (Å²) >= 11 is 0. The molecule has 0 aliphatic carbocycles. The van der Waals surface area contributed by atoms with Gasteiger partial charge in [-0.1, -0.05) is 26.0 Å². The zero-order chi connectivity index (χ0) is 26.2. The van der Waals surface area contributed by atoms with Crippen LogP contribution in [0.1, 0.15) is 44.5 Å². The Labute approximate surface area is 220 Å². The zero-order valence-corrected chi connectivity index (χ0v) is 22.5. The molecule has 200 valence electrons. The minimum Gasteiger partial charge on any atom is -0.379 e. The molecule has 8 heteroatoms. The van der Waals surface area contributed by atoms with Crippen molar-refractivity contribution in [3.63, 3.8) is 0 Å². The molecule has 2 saturated heterocycles. The number of pyridine rings is 1. The Morgan fingerprint density at radius 2 is 1.97 bits per heavy atom. The van der Waals surface area contributed by atoms with E-state index in [4.69, 9.17) is 9.72 Å². The summed E-state index contributed by atoms with van der Waals surface area (Å²) in [5, 5.41) is 3.61. The van der Waals surface area contributed by atoms with Gasteiger partial charge in [-0.15, -0.1) is 0 Å². The van der Waals surface area contributed by atoms with Crippen LogP contribution in [0, 0.1) is 5.82 Å². The van der Waals surface area contributed by atoms with E-state index >= 15 is 0 Å². The third kappa shape index (κ3) is 5.87. The molecule has 1 aromatic carbocycles. The van der Waals surface area contributed by atoms with E-state index in [9.17, 15) is 9.18 Å². The number of halogens is 1. The molecule has 3 aliphatic heterocycles. The van der Waals surface area contributed by atoms with Gasteiger partial charge in [0.05, 0.1) is 31.1 Å². The number of anilines is 1. The van der Waals surface area contributed by atoms with E-state index in [-0.39, 0.29) is 23.2 Å². The third-order valence-corrected chi connectivity index (χ3v) is 8.05. The second kappa shape index (κ2) is 10.8. The van der Waals surface area contributed by atoms with Crippen molar-refractivity contribution in [1.29, 1.82) is 0 Å². The second-order valence-corrected chi connectivity index (χ2v) is 11.7. The van der Waals surface area contributed by atoms with Gasteiger partial charge in [-0.3, -0.25) is 19.6 Å². The van der Waals surface area contributed by atoms with Gasteiger partial charge in [0.1, 0.15) is 5.82 Å². The van der Waals surface area contributed by atoms with Crippen molar-refractivity contribution in [3.05, 3.63) is 59.2 Å². The SMILES string of the molecule is CC1COCCN1C[C@H]1CN[C@H](C)CN1CC(=O)N1CC(C)(C)c2ncc(Cc3ccc(F)cc3)cc21. The molecule has 2 aromatic rings. The number of hydrogen-bond donors (Lipinski definition) is 1. The van der Waals surface area contributed by atoms with Crippen LogP contribution in [0.25, 0.3) is 0 Å². The highest BCUT2D eigenvalue weighted by Gasteiger charge is 2.41. The number of aromatic nitrogens is 1. The average Bonchev–Trinajstić information content (AvgIpc) is 3.14. The molecule has 37 heavy (non-hydrogen) atoms. The first-order chi connectivity index (χ1) is 17.7. The predicted octanol–water partition coefficient (Wildman–Crippen LogP) is 2.82. The zero-order valence-electron chi connectivity index (χ0n) is 22.5. The monoisotopic (exact) mass is 509 g/mol. The van der Waals surface area contributed by atoms with E-state index in [0.717, 1.165) is 61.9 Å². The van der Waals surface area contributed by atoms with Gasteiger partial charge < -0.3 is 15.0 Å². The van der Waals surface area contributed by atoms with E-state index in [0.29, 0.717) is 31.6 Å². The minimum absolute atomic E-state index is 0.127. The van der Waals surface area contributed by atoms with Crippen LogP contribution in [0.2, 0.25) is 0 Å². The van der Waals surface area contributed by atoms with Crippen LogP contribution < -0.4 is 10.2 Å². The van der Waals surface area contributed by atoms with Crippen molar-refractivity contribution in [2.24, 2.45) is 0 Å².